The summed E-state index contributed by atoms with van der Waals surface area (Å²) in [7, 11) is 0. The van der Waals surface area contributed by atoms with Crippen LogP contribution < -0.4 is 5.73 Å². The summed E-state index contributed by atoms with van der Waals surface area (Å²) in [6.45, 7) is 4.27. The van der Waals surface area contributed by atoms with Crippen LogP contribution in [0, 0.1) is 0 Å². The summed E-state index contributed by atoms with van der Waals surface area (Å²) in [5.41, 5.74) is 7.58. The molecule has 0 spiro atoms. The van der Waals surface area contributed by atoms with Crippen LogP contribution in [0.2, 0.25) is 0 Å². The minimum Gasteiger partial charge on any atom is -0.366 e. The number of primary amides is 1. The zero-order chi connectivity index (χ0) is 13.1. The highest BCUT2D eigenvalue weighted by Crippen LogP contribution is 2.21. The minimum absolute atomic E-state index is 0.413. The molecule has 2 aromatic rings. The molecular formula is C14H17N3O. The van der Waals surface area contributed by atoms with Gasteiger partial charge in [0.2, 0.25) is 5.91 Å². The molecule has 0 saturated carbocycles. The normalized spacial score (nSPS) is 12.3. The van der Waals surface area contributed by atoms with E-state index in [4.69, 9.17) is 5.73 Å². The Balaban J connectivity index is 2.26. The Labute approximate surface area is 106 Å². The molecule has 1 aromatic heterocycles. The summed E-state index contributed by atoms with van der Waals surface area (Å²) in [5.74, 6) is 0.999. The molecule has 1 atom stereocenters. The van der Waals surface area contributed by atoms with E-state index in [0.29, 0.717) is 11.5 Å². The number of imidazole rings is 1. The van der Waals surface area contributed by atoms with Gasteiger partial charge in [0.05, 0.1) is 5.69 Å². The van der Waals surface area contributed by atoms with E-state index in [0.717, 1.165) is 23.5 Å². The first-order chi connectivity index (χ1) is 8.61. The minimum atomic E-state index is -0.413. The van der Waals surface area contributed by atoms with Crippen molar-refractivity contribution in [3.05, 3.63) is 41.9 Å². The molecule has 18 heavy (non-hydrogen) atoms. The molecule has 0 saturated heterocycles. The molecule has 4 nitrogen and oxygen atoms in total. The number of benzene rings is 1. The van der Waals surface area contributed by atoms with Crippen LogP contribution >= 0.6 is 0 Å². The molecule has 1 amide bonds. The van der Waals surface area contributed by atoms with Crippen molar-refractivity contribution in [3.63, 3.8) is 0 Å². The first kappa shape index (κ1) is 12.4. The summed E-state index contributed by atoms with van der Waals surface area (Å²) < 4.78 is 0. The fraction of sp³-hybridized carbons (Fsp3) is 0.286. The number of hydrogen-bond acceptors (Lipinski definition) is 2. The van der Waals surface area contributed by atoms with Crippen molar-refractivity contribution in [2.24, 2.45) is 5.73 Å². The lowest BCUT2D eigenvalue weighted by Gasteiger charge is -2.02. The van der Waals surface area contributed by atoms with Crippen molar-refractivity contribution >= 4 is 5.91 Å². The number of hydrogen-bond donors (Lipinski definition) is 2. The Morgan fingerprint density at radius 1 is 1.39 bits per heavy atom. The van der Waals surface area contributed by atoms with Gasteiger partial charge in [-0.15, -0.1) is 0 Å². The van der Waals surface area contributed by atoms with Crippen LogP contribution in [0.15, 0.2) is 30.5 Å². The number of carbonyl (C=O) groups excluding carboxylic acids is 1. The molecule has 0 aliphatic rings. The lowest BCUT2D eigenvalue weighted by atomic mass is 10.1. The Morgan fingerprint density at radius 2 is 2.06 bits per heavy atom. The first-order valence-corrected chi connectivity index (χ1v) is 6.07. The fourth-order valence-corrected chi connectivity index (χ4v) is 1.74. The quantitative estimate of drug-likeness (QED) is 0.866. The van der Waals surface area contributed by atoms with Gasteiger partial charge in [-0.1, -0.05) is 26.0 Å². The van der Waals surface area contributed by atoms with E-state index < -0.39 is 5.91 Å². The summed E-state index contributed by atoms with van der Waals surface area (Å²) in [6, 6.07) is 7.15. The molecule has 1 unspecified atom stereocenters. The molecule has 0 radical (unpaired) electrons. The topological polar surface area (TPSA) is 71.8 Å². The van der Waals surface area contributed by atoms with E-state index in [1.54, 1.807) is 12.1 Å². The van der Waals surface area contributed by atoms with Crippen LogP contribution in [-0.4, -0.2) is 15.9 Å². The zero-order valence-corrected chi connectivity index (χ0v) is 10.6. The molecule has 0 bridgehead atoms. The second kappa shape index (κ2) is 5.04. The van der Waals surface area contributed by atoms with Crippen LogP contribution in [0.25, 0.3) is 11.3 Å². The van der Waals surface area contributed by atoms with Gasteiger partial charge in [-0.3, -0.25) is 4.79 Å². The van der Waals surface area contributed by atoms with Gasteiger partial charge >= 0.3 is 0 Å². The Kier molecular flexibility index (Phi) is 3.46. The Hall–Kier alpha value is -2.10. The molecule has 1 heterocycles. The molecule has 2 rings (SSSR count). The highest BCUT2D eigenvalue weighted by atomic mass is 16.1. The van der Waals surface area contributed by atoms with Crippen LogP contribution in [-0.2, 0) is 0 Å². The predicted octanol–water partition coefficient (Wildman–Crippen LogP) is 2.69. The number of aromatic amines is 1. The number of nitrogens with two attached hydrogens (primary N) is 1. The van der Waals surface area contributed by atoms with Gasteiger partial charge < -0.3 is 10.7 Å². The molecule has 0 aliphatic carbocycles. The molecule has 1 aromatic carbocycles. The largest absolute Gasteiger partial charge is 0.366 e. The van der Waals surface area contributed by atoms with Crippen molar-refractivity contribution in [2.45, 2.75) is 26.2 Å². The van der Waals surface area contributed by atoms with Crippen molar-refractivity contribution in [1.29, 1.82) is 0 Å². The van der Waals surface area contributed by atoms with Crippen molar-refractivity contribution in [2.75, 3.05) is 0 Å². The van der Waals surface area contributed by atoms with Crippen molar-refractivity contribution in [1.82, 2.24) is 9.97 Å². The van der Waals surface area contributed by atoms with Gasteiger partial charge in [-0.25, -0.2) is 4.98 Å². The number of carbonyl (C=O) groups is 1. The van der Waals surface area contributed by atoms with Crippen molar-refractivity contribution in [3.8, 4) is 11.3 Å². The van der Waals surface area contributed by atoms with E-state index in [-0.39, 0.29) is 0 Å². The van der Waals surface area contributed by atoms with Gasteiger partial charge in [0, 0.05) is 23.2 Å². The fourth-order valence-electron chi connectivity index (χ4n) is 1.74. The molecule has 94 valence electrons. The number of aromatic nitrogens is 2. The third kappa shape index (κ3) is 2.42. The van der Waals surface area contributed by atoms with Crippen LogP contribution in [0.3, 0.4) is 0 Å². The lowest BCUT2D eigenvalue weighted by Crippen LogP contribution is -2.10. The maximum atomic E-state index is 11.0. The Bertz CT molecular complexity index is 542. The van der Waals surface area contributed by atoms with Gasteiger partial charge in [0.15, 0.2) is 0 Å². The molecule has 4 heteroatoms. The van der Waals surface area contributed by atoms with Crippen molar-refractivity contribution < 1.29 is 4.79 Å². The highest BCUT2D eigenvalue weighted by Gasteiger charge is 2.09. The standard InChI is InChI=1S/C14H17N3O/c1-3-9(2)14-16-8-12(17-14)10-4-6-11(7-5-10)13(15)18/h4-9H,3H2,1-2H3,(H2,15,18)(H,16,17). The smallest absolute Gasteiger partial charge is 0.248 e. The van der Waals surface area contributed by atoms with Gasteiger partial charge in [0.25, 0.3) is 0 Å². The SMILES string of the molecule is CCC(C)c1nc(-c2ccc(C(N)=O)cc2)c[nH]1. The maximum absolute atomic E-state index is 11.0. The van der Waals surface area contributed by atoms with Gasteiger partial charge in [0.1, 0.15) is 5.82 Å². The monoisotopic (exact) mass is 243 g/mol. The number of H-pyrrole nitrogens is 1. The first-order valence-electron chi connectivity index (χ1n) is 6.07. The van der Waals surface area contributed by atoms with E-state index in [9.17, 15) is 4.79 Å². The van der Waals surface area contributed by atoms with E-state index in [2.05, 4.69) is 23.8 Å². The Morgan fingerprint density at radius 3 is 2.61 bits per heavy atom. The van der Waals surface area contributed by atoms with E-state index >= 15 is 0 Å². The molecule has 0 fully saturated rings. The zero-order valence-electron chi connectivity index (χ0n) is 10.6. The number of amides is 1. The van der Waals surface area contributed by atoms with E-state index in [1.165, 1.54) is 0 Å². The second-order valence-corrected chi connectivity index (χ2v) is 4.42. The third-order valence-corrected chi connectivity index (χ3v) is 3.14. The van der Waals surface area contributed by atoms with Crippen LogP contribution in [0.5, 0.6) is 0 Å². The van der Waals surface area contributed by atoms with E-state index in [1.807, 2.05) is 18.3 Å². The summed E-state index contributed by atoms with van der Waals surface area (Å²) >= 11 is 0. The van der Waals surface area contributed by atoms with Crippen LogP contribution in [0.1, 0.15) is 42.4 Å². The predicted molar refractivity (Wildman–Crippen MR) is 71.2 cm³/mol. The average molecular weight is 243 g/mol. The number of nitrogens with one attached hydrogen (secondary N) is 1. The molecule has 3 N–H and O–H groups in total. The molecular weight excluding hydrogens is 226 g/mol. The number of rotatable bonds is 4. The van der Waals surface area contributed by atoms with Gasteiger partial charge in [-0.2, -0.15) is 0 Å². The third-order valence-electron chi connectivity index (χ3n) is 3.14. The second-order valence-electron chi connectivity index (χ2n) is 4.42. The van der Waals surface area contributed by atoms with Gasteiger partial charge in [-0.05, 0) is 18.6 Å². The lowest BCUT2D eigenvalue weighted by molar-refractivity contribution is 0.100. The number of nitrogens with zero attached hydrogens (tertiary/aromatic N) is 1. The average Bonchev–Trinajstić information content (AvgIpc) is 2.87. The summed E-state index contributed by atoms with van der Waals surface area (Å²) in [6.07, 6.45) is 2.94. The summed E-state index contributed by atoms with van der Waals surface area (Å²) in [4.78, 5) is 18.7. The van der Waals surface area contributed by atoms with Crippen LogP contribution in [0.4, 0.5) is 0 Å². The maximum Gasteiger partial charge on any atom is 0.248 e. The molecule has 0 aliphatic heterocycles. The highest BCUT2D eigenvalue weighted by molar-refractivity contribution is 5.93. The summed E-state index contributed by atoms with van der Waals surface area (Å²) in [5, 5.41) is 0.